The Morgan fingerprint density at radius 2 is 1.85 bits per heavy atom. The lowest BCUT2D eigenvalue weighted by atomic mass is 10.2. The van der Waals surface area contributed by atoms with Crippen LogP contribution in [0.3, 0.4) is 0 Å². The summed E-state index contributed by atoms with van der Waals surface area (Å²) in [6, 6.07) is 22.5. The summed E-state index contributed by atoms with van der Waals surface area (Å²) in [6.45, 7) is 1.94. The van der Waals surface area contributed by atoms with E-state index >= 15 is 0 Å². The third-order valence-electron chi connectivity index (χ3n) is 6.58. The molecular formula is C30H27N5O5S. The smallest absolute Gasteiger partial charge is 0.307 e. The summed E-state index contributed by atoms with van der Waals surface area (Å²) in [4.78, 5) is 21.3. The van der Waals surface area contributed by atoms with E-state index in [0.29, 0.717) is 39.2 Å². The van der Waals surface area contributed by atoms with Crippen molar-refractivity contribution in [2.45, 2.75) is 24.8 Å². The Hall–Kier alpha value is -4.95. The summed E-state index contributed by atoms with van der Waals surface area (Å²) in [5.74, 6) is 0.724. The van der Waals surface area contributed by atoms with Gasteiger partial charge in [0, 0.05) is 25.2 Å². The second kappa shape index (κ2) is 11.7. The van der Waals surface area contributed by atoms with Crippen LogP contribution in [0.4, 0.5) is 5.69 Å². The zero-order valence-corrected chi connectivity index (χ0v) is 23.3. The zero-order chi connectivity index (χ0) is 29.0. The molecule has 0 atom stereocenters. The van der Waals surface area contributed by atoms with Crippen LogP contribution in [0.2, 0.25) is 0 Å². The Bertz CT molecular complexity index is 1870. The molecule has 208 valence electrons. The molecule has 5 rings (SSSR count). The summed E-state index contributed by atoms with van der Waals surface area (Å²) >= 11 is 0. The summed E-state index contributed by atoms with van der Waals surface area (Å²) in [6.07, 6.45) is 1.42. The molecule has 0 aliphatic rings. The maximum absolute atomic E-state index is 14.1. The van der Waals surface area contributed by atoms with Crippen LogP contribution < -0.4 is 9.04 Å². The molecule has 0 saturated carbocycles. The number of rotatable bonds is 10. The number of anilines is 1. The quantitative estimate of drug-likeness (QED) is 0.221. The van der Waals surface area contributed by atoms with Crippen molar-refractivity contribution in [3.63, 3.8) is 0 Å². The second-order valence-corrected chi connectivity index (χ2v) is 11.0. The number of aromatic nitrogens is 3. The molecule has 0 N–H and O–H groups in total. The van der Waals surface area contributed by atoms with Gasteiger partial charge in [-0.2, -0.15) is 5.26 Å². The van der Waals surface area contributed by atoms with E-state index in [1.807, 2.05) is 11.6 Å². The van der Waals surface area contributed by atoms with E-state index in [1.54, 1.807) is 79.9 Å². The Labute approximate surface area is 237 Å². The van der Waals surface area contributed by atoms with Gasteiger partial charge in [-0.15, -0.1) is 0 Å². The van der Waals surface area contributed by atoms with Crippen LogP contribution in [0.15, 0.2) is 83.9 Å². The van der Waals surface area contributed by atoms with Crippen LogP contribution in [0.25, 0.3) is 21.9 Å². The number of esters is 1. The SMILES string of the molecule is CCOC(=O)CCN(c1ccc2c(c1)nc(COc1ccc(C#N)cc1)n2C)S(=O)(=O)c1cccc2cccnc12. The molecule has 2 aromatic heterocycles. The van der Waals surface area contributed by atoms with Gasteiger partial charge in [-0.1, -0.05) is 18.2 Å². The number of imidazole rings is 1. The number of benzene rings is 3. The van der Waals surface area contributed by atoms with Gasteiger partial charge in [0.1, 0.15) is 23.1 Å². The topological polar surface area (TPSA) is 127 Å². The van der Waals surface area contributed by atoms with Crippen molar-refractivity contribution in [2.24, 2.45) is 7.05 Å². The summed E-state index contributed by atoms with van der Waals surface area (Å²) in [5, 5.41) is 9.68. The lowest BCUT2D eigenvalue weighted by Gasteiger charge is -2.24. The Balaban J connectivity index is 1.50. The largest absolute Gasteiger partial charge is 0.486 e. The van der Waals surface area contributed by atoms with Gasteiger partial charge in [-0.25, -0.2) is 13.4 Å². The zero-order valence-electron chi connectivity index (χ0n) is 22.5. The highest BCUT2D eigenvalue weighted by molar-refractivity contribution is 7.93. The fraction of sp³-hybridized carbons (Fsp3) is 0.200. The molecule has 3 aromatic carbocycles. The highest BCUT2D eigenvalue weighted by Crippen LogP contribution is 2.31. The summed E-state index contributed by atoms with van der Waals surface area (Å²) in [5.41, 5.74) is 2.58. The van der Waals surface area contributed by atoms with E-state index in [2.05, 4.69) is 11.1 Å². The molecule has 0 aliphatic carbocycles. The van der Waals surface area contributed by atoms with Crippen LogP contribution in [0, 0.1) is 11.3 Å². The summed E-state index contributed by atoms with van der Waals surface area (Å²) < 4.78 is 42.2. The number of fused-ring (bicyclic) bond motifs is 2. The third-order valence-corrected chi connectivity index (χ3v) is 8.44. The summed E-state index contributed by atoms with van der Waals surface area (Å²) in [7, 11) is -2.28. The number of aryl methyl sites for hydroxylation is 1. The lowest BCUT2D eigenvalue weighted by Crippen LogP contribution is -2.33. The maximum Gasteiger partial charge on any atom is 0.307 e. The molecule has 2 heterocycles. The van der Waals surface area contributed by atoms with Gasteiger partial charge in [0.15, 0.2) is 0 Å². The minimum absolute atomic E-state index is 0.0390. The van der Waals surface area contributed by atoms with E-state index in [0.717, 1.165) is 5.52 Å². The van der Waals surface area contributed by atoms with Crippen LogP contribution in [0.1, 0.15) is 24.7 Å². The van der Waals surface area contributed by atoms with Crippen LogP contribution in [-0.4, -0.2) is 42.1 Å². The predicted molar refractivity (Wildman–Crippen MR) is 154 cm³/mol. The molecule has 0 spiro atoms. The molecule has 5 aromatic rings. The number of sulfonamides is 1. The Morgan fingerprint density at radius 1 is 1.07 bits per heavy atom. The Kier molecular flexibility index (Phi) is 7.85. The predicted octanol–water partition coefficient (Wildman–Crippen LogP) is 4.72. The molecular weight excluding hydrogens is 542 g/mol. The van der Waals surface area contributed by atoms with Gasteiger partial charge in [0.2, 0.25) is 0 Å². The van der Waals surface area contributed by atoms with Crippen molar-refractivity contribution in [2.75, 3.05) is 17.5 Å². The highest BCUT2D eigenvalue weighted by atomic mass is 32.2. The van der Waals surface area contributed by atoms with E-state index < -0.39 is 16.0 Å². The minimum atomic E-state index is -4.13. The van der Waals surface area contributed by atoms with Crippen molar-refractivity contribution in [3.05, 3.63) is 90.4 Å². The maximum atomic E-state index is 14.1. The number of hydrogen-bond donors (Lipinski definition) is 0. The first-order valence-corrected chi connectivity index (χ1v) is 14.4. The van der Waals surface area contributed by atoms with Crippen LogP contribution in [0.5, 0.6) is 5.75 Å². The van der Waals surface area contributed by atoms with Gasteiger partial charge >= 0.3 is 5.97 Å². The first-order valence-electron chi connectivity index (χ1n) is 12.9. The second-order valence-electron chi connectivity index (χ2n) is 9.15. The normalized spacial score (nSPS) is 11.3. The van der Waals surface area contributed by atoms with E-state index in [4.69, 9.17) is 19.7 Å². The number of carbonyl (C=O) groups is 1. The van der Waals surface area contributed by atoms with Crippen LogP contribution >= 0.6 is 0 Å². The monoisotopic (exact) mass is 569 g/mol. The van der Waals surface area contributed by atoms with E-state index in [-0.39, 0.29) is 31.1 Å². The number of nitriles is 1. The average molecular weight is 570 g/mol. The number of ether oxygens (including phenoxy) is 2. The van der Waals surface area contributed by atoms with Crippen molar-refractivity contribution in [1.82, 2.24) is 14.5 Å². The van der Waals surface area contributed by atoms with Crippen molar-refractivity contribution in [3.8, 4) is 11.8 Å². The molecule has 41 heavy (non-hydrogen) atoms. The fourth-order valence-electron chi connectivity index (χ4n) is 4.51. The third kappa shape index (κ3) is 5.69. The molecule has 0 fully saturated rings. The van der Waals surface area contributed by atoms with E-state index in [1.165, 1.54) is 10.4 Å². The molecule has 10 nitrogen and oxygen atoms in total. The molecule has 0 unspecified atom stereocenters. The van der Waals surface area contributed by atoms with Gasteiger partial charge in [-0.3, -0.25) is 14.1 Å². The van der Waals surface area contributed by atoms with Crippen LogP contribution in [-0.2, 0) is 33.2 Å². The van der Waals surface area contributed by atoms with Crippen molar-refractivity contribution in [1.29, 1.82) is 5.26 Å². The first-order chi connectivity index (χ1) is 19.8. The number of para-hydroxylation sites is 1. The van der Waals surface area contributed by atoms with Gasteiger partial charge in [0.05, 0.1) is 46.9 Å². The molecule has 0 radical (unpaired) electrons. The minimum Gasteiger partial charge on any atom is -0.486 e. The first kappa shape index (κ1) is 27.6. The highest BCUT2D eigenvalue weighted by Gasteiger charge is 2.28. The number of hydrogen-bond acceptors (Lipinski definition) is 8. The number of carbonyl (C=O) groups excluding carboxylic acids is 1. The standard InChI is InChI=1S/C30H27N5O5S/c1-3-39-29(36)15-17-35(41(37,38)27-8-4-6-22-7-5-16-32-30(22)27)23-11-14-26-25(18-23)33-28(34(26)2)20-40-24-12-9-21(19-31)10-13-24/h4-14,16,18H,3,15,17,20H2,1-2H3. The molecule has 0 saturated heterocycles. The van der Waals surface area contributed by atoms with E-state index in [9.17, 15) is 13.2 Å². The lowest BCUT2D eigenvalue weighted by molar-refractivity contribution is -0.142. The van der Waals surface area contributed by atoms with Gasteiger partial charge in [0.25, 0.3) is 10.0 Å². The average Bonchev–Trinajstić information content (AvgIpc) is 3.30. The van der Waals surface area contributed by atoms with Gasteiger partial charge in [-0.05, 0) is 61.5 Å². The molecule has 0 amide bonds. The molecule has 0 bridgehead atoms. The van der Waals surface area contributed by atoms with Gasteiger partial charge < -0.3 is 14.0 Å². The molecule has 11 heteroatoms. The number of nitrogens with zero attached hydrogens (tertiary/aromatic N) is 5. The van der Waals surface area contributed by atoms with Crippen molar-refractivity contribution < 1.29 is 22.7 Å². The number of pyridine rings is 1. The van der Waals surface area contributed by atoms with Crippen molar-refractivity contribution >= 4 is 43.6 Å². The Morgan fingerprint density at radius 3 is 2.61 bits per heavy atom. The molecule has 0 aliphatic heterocycles. The fourth-order valence-corrected chi connectivity index (χ4v) is 6.14.